The highest BCUT2D eigenvalue weighted by Gasteiger charge is 2.42. The summed E-state index contributed by atoms with van der Waals surface area (Å²) in [7, 11) is 0. The second kappa shape index (κ2) is 7.05. The van der Waals surface area contributed by atoms with Crippen molar-refractivity contribution < 1.29 is 4.74 Å². The topological polar surface area (TPSA) is 38.5 Å². The lowest BCUT2D eigenvalue weighted by Gasteiger charge is -2.33. The Morgan fingerprint density at radius 2 is 1.89 bits per heavy atom. The van der Waals surface area contributed by atoms with Gasteiger partial charge >= 0.3 is 0 Å². The second-order valence-electron chi connectivity index (χ2n) is 6.42. The first-order valence-electron chi connectivity index (χ1n) is 8.35. The summed E-state index contributed by atoms with van der Waals surface area (Å²) >= 11 is 0. The van der Waals surface area contributed by atoms with Crippen molar-refractivity contribution in [3.8, 4) is 0 Å². The minimum Gasteiger partial charge on any atom is -0.370 e. The average molecular weight is 268 g/mol. The van der Waals surface area contributed by atoms with Gasteiger partial charge in [0, 0.05) is 25.7 Å². The quantitative estimate of drug-likeness (QED) is 0.771. The number of hydrogen-bond donors (Lipinski definition) is 1. The van der Waals surface area contributed by atoms with Gasteiger partial charge in [0.05, 0.1) is 11.7 Å². The summed E-state index contributed by atoms with van der Waals surface area (Å²) in [5, 5.41) is 0. The van der Waals surface area contributed by atoms with E-state index >= 15 is 0 Å². The standard InChI is InChI=1S/C16H32N2O/c1-3-14(4-2)18(12-11-17)13-15-7-10-16(19-15)8-5-6-9-16/h14-15H,3-13,17H2,1-2H3. The van der Waals surface area contributed by atoms with Crippen LogP contribution in [0.1, 0.15) is 65.2 Å². The third-order valence-corrected chi connectivity index (χ3v) is 5.17. The minimum atomic E-state index is 0.271. The van der Waals surface area contributed by atoms with Crippen LogP contribution in [-0.4, -0.2) is 42.3 Å². The van der Waals surface area contributed by atoms with Crippen LogP contribution in [0.25, 0.3) is 0 Å². The zero-order valence-electron chi connectivity index (χ0n) is 12.9. The number of ether oxygens (including phenoxy) is 1. The molecule has 112 valence electrons. The molecule has 3 nitrogen and oxygen atoms in total. The van der Waals surface area contributed by atoms with E-state index in [1.165, 1.54) is 51.4 Å². The fourth-order valence-electron chi connectivity index (χ4n) is 4.07. The van der Waals surface area contributed by atoms with Gasteiger partial charge in [0.1, 0.15) is 0 Å². The Labute approximate surface area is 118 Å². The van der Waals surface area contributed by atoms with Gasteiger partial charge in [-0.25, -0.2) is 0 Å². The third kappa shape index (κ3) is 3.71. The van der Waals surface area contributed by atoms with E-state index in [1.54, 1.807) is 0 Å². The minimum absolute atomic E-state index is 0.271. The summed E-state index contributed by atoms with van der Waals surface area (Å²) in [4.78, 5) is 2.57. The molecule has 1 unspecified atom stereocenters. The molecule has 2 fully saturated rings. The molecule has 19 heavy (non-hydrogen) atoms. The molecule has 1 saturated carbocycles. The predicted molar refractivity (Wildman–Crippen MR) is 80.3 cm³/mol. The van der Waals surface area contributed by atoms with Gasteiger partial charge in [-0.05, 0) is 38.5 Å². The van der Waals surface area contributed by atoms with Crippen LogP contribution in [0.4, 0.5) is 0 Å². The van der Waals surface area contributed by atoms with E-state index in [-0.39, 0.29) is 5.60 Å². The van der Waals surface area contributed by atoms with Crippen molar-refractivity contribution in [2.75, 3.05) is 19.6 Å². The maximum Gasteiger partial charge on any atom is 0.0710 e. The SMILES string of the molecule is CCC(CC)N(CCN)CC1CCC2(CCCC2)O1. The van der Waals surface area contributed by atoms with E-state index in [4.69, 9.17) is 10.5 Å². The number of nitrogens with two attached hydrogens (primary N) is 1. The maximum absolute atomic E-state index is 6.44. The molecule has 1 saturated heterocycles. The lowest BCUT2D eigenvalue weighted by atomic mass is 9.98. The Hall–Kier alpha value is -0.120. The van der Waals surface area contributed by atoms with Gasteiger partial charge in [0.25, 0.3) is 0 Å². The van der Waals surface area contributed by atoms with Crippen LogP contribution in [0.3, 0.4) is 0 Å². The summed E-state index contributed by atoms with van der Waals surface area (Å²) in [6.07, 6.45) is 10.8. The highest BCUT2D eigenvalue weighted by molar-refractivity contribution is 4.93. The summed E-state index contributed by atoms with van der Waals surface area (Å²) in [5.74, 6) is 0. The van der Waals surface area contributed by atoms with Crippen LogP contribution in [0, 0.1) is 0 Å². The van der Waals surface area contributed by atoms with Crippen LogP contribution >= 0.6 is 0 Å². The van der Waals surface area contributed by atoms with Gasteiger partial charge in [-0.2, -0.15) is 0 Å². The fraction of sp³-hybridized carbons (Fsp3) is 1.00. The van der Waals surface area contributed by atoms with E-state index in [1.807, 2.05) is 0 Å². The van der Waals surface area contributed by atoms with Crippen molar-refractivity contribution in [3.63, 3.8) is 0 Å². The van der Waals surface area contributed by atoms with Crippen molar-refractivity contribution in [2.45, 2.75) is 83.0 Å². The van der Waals surface area contributed by atoms with E-state index in [0.717, 1.165) is 19.6 Å². The Morgan fingerprint density at radius 1 is 1.21 bits per heavy atom. The predicted octanol–water partition coefficient (Wildman–Crippen LogP) is 2.93. The summed E-state index contributed by atoms with van der Waals surface area (Å²) < 4.78 is 6.44. The van der Waals surface area contributed by atoms with E-state index in [9.17, 15) is 0 Å². The van der Waals surface area contributed by atoms with E-state index in [2.05, 4.69) is 18.7 Å². The monoisotopic (exact) mass is 268 g/mol. The molecule has 0 amide bonds. The van der Waals surface area contributed by atoms with Crippen LogP contribution in [0.15, 0.2) is 0 Å². The van der Waals surface area contributed by atoms with Crippen molar-refractivity contribution >= 4 is 0 Å². The van der Waals surface area contributed by atoms with Crippen LogP contribution in [0.5, 0.6) is 0 Å². The van der Waals surface area contributed by atoms with Crippen molar-refractivity contribution in [2.24, 2.45) is 5.73 Å². The summed E-state index contributed by atoms with van der Waals surface area (Å²) in [6, 6.07) is 0.673. The highest BCUT2D eigenvalue weighted by Crippen LogP contribution is 2.43. The molecule has 1 spiro atoms. The number of rotatable bonds is 7. The van der Waals surface area contributed by atoms with Crippen LogP contribution < -0.4 is 5.73 Å². The molecule has 1 aliphatic heterocycles. The van der Waals surface area contributed by atoms with Crippen molar-refractivity contribution in [3.05, 3.63) is 0 Å². The van der Waals surface area contributed by atoms with Gasteiger partial charge in [-0.3, -0.25) is 4.90 Å². The van der Waals surface area contributed by atoms with Crippen molar-refractivity contribution in [1.82, 2.24) is 4.90 Å². The zero-order chi connectivity index (χ0) is 13.7. The zero-order valence-corrected chi connectivity index (χ0v) is 12.9. The Bertz CT molecular complexity index is 259. The maximum atomic E-state index is 6.44. The average Bonchev–Trinajstić information content (AvgIpc) is 3.02. The van der Waals surface area contributed by atoms with Crippen LogP contribution in [0.2, 0.25) is 0 Å². The Morgan fingerprint density at radius 3 is 2.47 bits per heavy atom. The largest absolute Gasteiger partial charge is 0.370 e. The molecule has 0 radical (unpaired) electrons. The first-order valence-corrected chi connectivity index (χ1v) is 8.35. The number of hydrogen-bond acceptors (Lipinski definition) is 3. The van der Waals surface area contributed by atoms with E-state index < -0.39 is 0 Å². The molecule has 1 atom stereocenters. The van der Waals surface area contributed by atoms with Crippen LogP contribution in [-0.2, 0) is 4.74 Å². The van der Waals surface area contributed by atoms with Gasteiger partial charge < -0.3 is 10.5 Å². The van der Waals surface area contributed by atoms with Gasteiger partial charge in [-0.15, -0.1) is 0 Å². The molecule has 3 heteroatoms. The molecule has 0 aromatic heterocycles. The molecular formula is C16H32N2O. The van der Waals surface area contributed by atoms with Crippen molar-refractivity contribution in [1.29, 1.82) is 0 Å². The second-order valence-corrected chi connectivity index (χ2v) is 6.42. The Kier molecular flexibility index (Phi) is 5.67. The molecule has 2 rings (SSSR count). The smallest absolute Gasteiger partial charge is 0.0710 e. The molecule has 2 N–H and O–H groups in total. The summed E-state index contributed by atoms with van der Waals surface area (Å²) in [5.41, 5.74) is 6.05. The lowest BCUT2D eigenvalue weighted by molar-refractivity contribution is -0.0513. The molecule has 0 aromatic rings. The first kappa shape index (κ1) is 15.3. The molecule has 0 aromatic carbocycles. The number of nitrogens with zero attached hydrogens (tertiary/aromatic N) is 1. The van der Waals surface area contributed by atoms with E-state index in [0.29, 0.717) is 12.1 Å². The fourth-order valence-corrected chi connectivity index (χ4v) is 4.07. The third-order valence-electron chi connectivity index (χ3n) is 5.17. The van der Waals surface area contributed by atoms with Gasteiger partial charge in [0.2, 0.25) is 0 Å². The normalized spacial score (nSPS) is 26.1. The molecule has 2 aliphatic rings. The molecule has 1 heterocycles. The van der Waals surface area contributed by atoms with Gasteiger partial charge in [0.15, 0.2) is 0 Å². The summed E-state index contributed by atoms with van der Waals surface area (Å²) in [6.45, 7) is 7.43. The Balaban J connectivity index is 1.87. The van der Waals surface area contributed by atoms with Gasteiger partial charge in [-0.1, -0.05) is 26.7 Å². The first-order chi connectivity index (χ1) is 9.23. The molecule has 1 aliphatic carbocycles. The lowest BCUT2D eigenvalue weighted by Crippen LogP contribution is -2.43. The highest BCUT2D eigenvalue weighted by atomic mass is 16.5. The molecular weight excluding hydrogens is 236 g/mol. The molecule has 0 bridgehead atoms.